The lowest BCUT2D eigenvalue weighted by molar-refractivity contribution is -0.156. The summed E-state index contributed by atoms with van der Waals surface area (Å²) in [6.45, 7) is 4.48. The number of benzene rings is 1. The van der Waals surface area contributed by atoms with Crippen LogP contribution in [0.3, 0.4) is 0 Å². The normalized spacial score (nSPS) is 23.7. The number of hydrogen-bond donors (Lipinski definition) is 0. The van der Waals surface area contributed by atoms with Crippen LogP contribution in [0.15, 0.2) is 30.3 Å². The Bertz CT molecular complexity index is 761. The van der Waals surface area contributed by atoms with Crippen LogP contribution in [-0.2, 0) is 20.9 Å². The Labute approximate surface area is 178 Å². The zero-order valence-electron chi connectivity index (χ0n) is 17.7. The van der Waals surface area contributed by atoms with Gasteiger partial charge in [0.15, 0.2) is 0 Å². The van der Waals surface area contributed by atoms with Crippen molar-refractivity contribution in [3.8, 4) is 0 Å². The minimum absolute atomic E-state index is 0.000250. The average molecular weight is 413 g/mol. The van der Waals surface area contributed by atoms with Crippen molar-refractivity contribution in [3.63, 3.8) is 0 Å². The first kappa shape index (κ1) is 20.8. The van der Waals surface area contributed by atoms with Crippen molar-refractivity contribution in [1.29, 1.82) is 0 Å². The van der Waals surface area contributed by atoms with Crippen molar-refractivity contribution in [3.05, 3.63) is 35.9 Å². The molecule has 3 aliphatic heterocycles. The summed E-state index contributed by atoms with van der Waals surface area (Å²) in [4.78, 5) is 46.3. The zero-order valence-corrected chi connectivity index (χ0v) is 17.7. The first-order valence-corrected chi connectivity index (χ1v) is 11.2. The van der Waals surface area contributed by atoms with E-state index in [4.69, 9.17) is 0 Å². The second-order valence-corrected chi connectivity index (χ2v) is 8.64. The van der Waals surface area contributed by atoms with Gasteiger partial charge in [0.1, 0.15) is 12.6 Å². The highest BCUT2D eigenvalue weighted by molar-refractivity contribution is 5.95. The van der Waals surface area contributed by atoms with E-state index in [0.29, 0.717) is 39.1 Å². The fourth-order valence-electron chi connectivity index (χ4n) is 4.80. The molecule has 1 atom stereocenters. The maximum absolute atomic E-state index is 13.1. The molecule has 1 unspecified atom stereocenters. The van der Waals surface area contributed by atoms with Crippen molar-refractivity contribution >= 4 is 17.7 Å². The van der Waals surface area contributed by atoms with Crippen molar-refractivity contribution in [2.75, 3.05) is 45.8 Å². The lowest BCUT2D eigenvalue weighted by Crippen LogP contribution is -2.59. The zero-order chi connectivity index (χ0) is 20.9. The van der Waals surface area contributed by atoms with E-state index < -0.39 is 6.04 Å². The first-order valence-electron chi connectivity index (χ1n) is 11.2. The molecule has 0 aromatic heterocycles. The quantitative estimate of drug-likeness (QED) is 0.749. The number of hydrogen-bond acceptors (Lipinski definition) is 4. The third kappa shape index (κ3) is 4.83. The summed E-state index contributed by atoms with van der Waals surface area (Å²) in [6.07, 6.45) is 5.32. The molecule has 0 radical (unpaired) electrons. The van der Waals surface area contributed by atoms with E-state index >= 15 is 0 Å². The molecule has 0 N–H and O–H groups in total. The molecule has 7 heteroatoms. The van der Waals surface area contributed by atoms with Crippen LogP contribution >= 0.6 is 0 Å². The third-order valence-corrected chi connectivity index (χ3v) is 6.53. The Morgan fingerprint density at radius 1 is 0.900 bits per heavy atom. The monoisotopic (exact) mass is 412 g/mol. The average Bonchev–Trinajstić information content (AvgIpc) is 3.14. The molecule has 3 heterocycles. The summed E-state index contributed by atoms with van der Waals surface area (Å²) in [5, 5.41) is 0. The predicted octanol–water partition coefficient (Wildman–Crippen LogP) is 1.33. The number of likely N-dealkylation sites (tertiary alicyclic amines) is 1. The molecule has 30 heavy (non-hydrogen) atoms. The molecule has 1 aromatic rings. The minimum Gasteiger partial charge on any atom is -0.340 e. The first-order chi connectivity index (χ1) is 14.6. The van der Waals surface area contributed by atoms with Crippen LogP contribution in [0.1, 0.15) is 37.7 Å². The van der Waals surface area contributed by atoms with E-state index in [1.807, 2.05) is 35.2 Å². The van der Waals surface area contributed by atoms with Gasteiger partial charge in [-0.15, -0.1) is 0 Å². The number of nitrogens with zero attached hydrogens (tertiary/aromatic N) is 4. The van der Waals surface area contributed by atoms with Crippen molar-refractivity contribution in [2.24, 2.45) is 0 Å². The molecule has 0 bridgehead atoms. The Kier molecular flexibility index (Phi) is 6.67. The van der Waals surface area contributed by atoms with Crippen molar-refractivity contribution in [2.45, 2.75) is 44.7 Å². The summed E-state index contributed by atoms with van der Waals surface area (Å²) in [6, 6.07) is 9.32. The van der Waals surface area contributed by atoms with E-state index in [-0.39, 0.29) is 24.3 Å². The highest BCUT2D eigenvalue weighted by atomic mass is 16.2. The smallest absolute Gasteiger partial charge is 0.246 e. The molecule has 3 amide bonds. The number of carbonyl (C=O) groups excluding carboxylic acids is 3. The predicted molar refractivity (Wildman–Crippen MR) is 113 cm³/mol. The molecule has 0 saturated carbocycles. The highest BCUT2D eigenvalue weighted by Gasteiger charge is 2.41. The Morgan fingerprint density at radius 3 is 2.37 bits per heavy atom. The van der Waals surface area contributed by atoms with Crippen LogP contribution in [0.4, 0.5) is 0 Å². The highest BCUT2D eigenvalue weighted by Crippen LogP contribution is 2.21. The van der Waals surface area contributed by atoms with Gasteiger partial charge in [0.2, 0.25) is 17.7 Å². The van der Waals surface area contributed by atoms with Gasteiger partial charge >= 0.3 is 0 Å². The molecule has 4 rings (SSSR count). The van der Waals surface area contributed by atoms with Crippen LogP contribution in [0.25, 0.3) is 0 Å². The maximum atomic E-state index is 13.1. The lowest BCUT2D eigenvalue weighted by Gasteiger charge is -2.39. The number of rotatable bonds is 4. The minimum atomic E-state index is -0.453. The van der Waals surface area contributed by atoms with Crippen LogP contribution in [0.5, 0.6) is 0 Å². The van der Waals surface area contributed by atoms with E-state index in [1.54, 1.807) is 9.80 Å². The van der Waals surface area contributed by atoms with Gasteiger partial charge in [-0.2, -0.15) is 0 Å². The van der Waals surface area contributed by atoms with Gasteiger partial charge in [0, 0.05) is 26.2 Å². The van der Waals surface area contributed by atoms with Gasteiger partial charge in [0.25, 0.3) is 0 Å². The third-order valence-electron chi connectivity index (χ3n) is 6.53. The maximum Gasteiger partial charge on any atom is 0.246 e. The lowest BCUT2D eigenvalue weighted by atomic mass is 10.1. The van der Waals surface area contributed by atoms with E-state index in [1.165, 1.54) is 12.8 Å². The standard InChI is InChI=1S/C23H32N4O3/c28-21(17-24-11-6-1-2-7-12-24)25-13-10-20-23(30)26(16-19-8-4-3-5-9-19)18-22(29)27(20)15-14-25/h3-5,8-9,20H,1-2,6-7,10-18H2. The Balaban J connectivity index is 1.37. The summed E-state index contributed by atoms with van der Waals surface area (Å²) in [5.74, 6) is 0.107. The van der Waals surface area contributed by atoms with E-state index in [2.05, 4.69) is 4.90 Å². The molecule has 3 fully saturated rings. The van der Waals surface area contributed by atoms with E-state index in [9.17, 15) is 14.4 Å². The summed E-state index contributed by atoms with van der Waals surface area (Å²) in [7, 11) is 0. The number of piperazine rings is 1. The fraction of sp³-hybridized carbons (Fsp3) is 0.609. The van der Waals surface area contributed by atoms with Crippen LogP contribution in [-0.4, -0.2) is 89.2 Å². The van der Waals surface area contributed by atoms with Crippen LogP contribution < -0.4 is 0 Å². The molecular weight excluding hydrogens is 380 g/mol. The van der Waals surface area contributed by atoms with Crippen LogP contribution in [0.2, 0.25) is 0 Å². The molecule has 162 valence electrons. The Morgan fingerprint density at radius 2 is 1.63 bits per heavy atom. The molecule has 0 aliphatic carbocycles. The van der Waals surface area contributed by atoms with Gasteiger partial charge in [-0.05, 0) is 37.9 Å². The second kappa shape index (κ2) is 9.60. The largest absolute Gasteiger partial charge is 0.340 e. The number of fused-ring (bicyclic) bond motifs is 1. The van der Waals surface area contributed by atoms with Crippen molar-refractivity contribution < 1.29 is 14.4 Å². The number of amides is 3. The topological polar surface area (TPSA) is 64.2 Å². The van der Waals surface area contributed by atoms with Gasteiger partial charge in [0.05, 0.1) is 6.54 Å². The Hall–Kier alpha value is -2.41. The molecular formula is C23H32N4O3. The van der Waals surface area contributed by atoms with Gasteiger partial charge in [-0.3, -0.25) is 19.3 Å². The van der Waals surface area contributed by atoms with Gasteiger partial charge in [-0.25, -0.2) is 0 Å². The fourth-order valence-corrected chi connectivity index (χ4v) is 4.80. The second-order valence-electron chi connectivity index (χ2n) is 8.64. The molecule has 0 spiro atoms. The van der Waals surface area contributed by atoms with Crippen molar-refractivity contribution in [1.82, 2.24) is 19.6 Å². The summed E-state index contributed by atoms with van der Waals surface area (Å²) in [5.41, 5.74) is 1.02. The van der Waals surface area contributed by atoms with Crippen LogP contribution in [0, 0.1) is 0 Å². The molecule has 3 saturated heterocycles. The van der Waals surface area contributed by atoms with E-state index in [0.717, 1.165) is 31.5 Å². The van der Waals surface area contributed by atoms with Gasteiger partial charge < -0.3 is 14.7 Å². The number of carbonyl (C=O) groups is 3. The molecule has 1 aromatic carbocycles. The molecule has 3 aliphatic rings. The summed E-state index contributed by atoms with van der Waals surface area (Å²) < 4.78 is 0. The molecule has 7 nitrogen and oxygen atoms in total. The van der Waals surface area contributed by atoms with Gasteiger partial charge in [-0.1, -0.05) is 43.2 Å². The summed E-state index contributed by atoms with van der Waals surface area (Å²) >= 11 is 0. The SMILES string of the molecule is O=C(CN1CCCCCC1)N1CCC2C(=O)N(Cc3ccccc3)CC(=O)N2CC1.